The minimum absolute atomic E-state index is 0. The lowest BCUT2D eigenvalue weighted by Gasteiger charge is -2.22. The van der Waals surface area contributed by atoms with E-state index in [2.05, 4.69) is 15.3 Å². The fourth-order valence-corrected chi connectivity index (χ4v) is 3.37. The highest BCUT2D eigenvalue weighted by atomic mass is 127. The zero-order valence-corrected chi connectivity index (χ0v) is 19.9. The van der Waals surface area contributed by atoms with Gasteiger partial charge >= 0.3 is 0 Å². The molecule has 0 atom stereocenters. The molecule has 0 radical (unpaired) electrons. The van der Waals surface area contributed by atoms with Crippen LogP contribution in [0.25, 0.3) is 5.69 Å². The van der Waals surface area contributed by atoms with Crippen molar-refractivity contribution in [2.75, 3.05) is 14.1 Å². The second-order valence-corrected chi connectivity index (χ2v) is 7.08. The van der Waals surface area contributed by atoms with Gasteiger partial charge in [-0.1, -0.05) is 17.7 Å². The highest BCUT2D eigenvalue weighted by Gasteiger charge is 2.11. The van der Waals surface area contributed by atoms with E-state index < -0.39 is 0 Å². The molecule has 1 aromatic carbocycles. The first kappa shape index (κ1) is 23.2. The normalized spacial score (nSPS) is 11.3. The first-order valence-electron chi connectivity index (χ1n) is 8.90. The van der Waals surface area contributed by atoms with Crippen molar-refractivity contribution in [1.29, 1.82) is 0 Å². The predicted molar refractivity (Wildman–Crippen MR) is 126 cm³/mol. The third-order valence-corrected chi connectivity index (χ3v) is 4.80. The van der Waals surface area contributed by atoms with Crippen LogP contribution in [-0.2, 0) is 20.1 Å². The summed E-state index contributed by atoms with van der Waals surface area (Å²) < 4.78 is 18.3. The maximum absolute atomic E-state index is 14.6. The van der Waals surface area contributed by atoms with Crippen molar-refractivity contribution in [3.63, 3.8) is 0 Å². The van der Waals surface area contributed by atoms with Gasteiger partial charge in [0.2, 0.25) is 0 Å². The Bertz CT molecular complexity index is 997. The summed E-state index contributed by atoms with van der Waals surface area (Å²) in [7, 11) is 5.63. The first-order valence-corrected chi connectivity index (χ1v) is 9.28. The lowest BCUT2D eigenvalue weighted by Crippen LogP contribution is -2.38. The van der Waals surface area contributed by atoms with E-state index in [9.17, 15) is 4.39 Å². The standard InChI is InChI=1S/C20H24ClFN6.HI/c1-14-24-7-8-28(14)19-6-5-15(9-18(19)22)11-25-20(23-2)27(4)13-17-10-16(21)12-26(17)3;/h5-10,12H,11,13H2,1-4H3,(H,23,25);1H. The van der Waals surface area contributed by atoms with E-state index in [1.165, 1.54) is 6.07 Å². The number of nitrogens with zero attached hydrogens (tertiary/aromatic N) is 5. The summed E-state index contributed by atoms with van der Waals surface area (Å²) in [6.45, 7) is 2.95. The Morgan fingerprint density at radius 2 is 2.10 bits per heavy atom. The van der Waals surface area contributed by atoms with Crippen molar-refractivity contribution < 1.29 is 4.39 Å². The number of aryl methyl sites for hydroxylation is 2. The number of hydrogen-bond acceptors (Lipinski definition) is 2. The fourth-order valence-electron chi connectivity index (χ4n) is 3.10. The quantitative estimate of drug-likeness (QED) is 0.307. The van der Waals surface area contributed by atoms with Crippen molar-refractivity contribution in [2.24, 2.45) is 12.0 Å². The summed E-state index contributed by atoms with van der Waals surface area (Å²) in [5.41, 5.74) is 2.39. The third kappa shape index (κ3) is 5.51. The van der Waals surface area contributed by atoms with E-state index in [1.807, 2.05) is 48.8 Å². The van der Waals surface area contributed by atoms with E-state index in [0.29, 0.717) is 29.8 Å². The molecular weight excluding hydrogens is 506 g/mol. The number of benzene rings is 1. The van der Waals surface area contributed by atoms with Crippen LogP contribution in [0.15, 0.2) is 47.8 Å². The minimum atomic E-state index is -0.290. The van der Waals surface area contributed by atoms with Crippen LogP contribution in [0.3, 0.4) is 0 Å². The Balaban J connectivity index is 0.00000300. The maximum atomic E-state index is 14.6. The molecule has 0 aliphatic carbocycles. The predicted octanol–water partition coefficient (Wildman–Crippen LogP) is 4.14. The van der Waals surface area contributed by atoms with Gasteiger partial charge in [-0.2, -0.15) is 0 Å². The van der Waals surface area contributed by atoms with Gasteiger partial charge in [0.1, 0.15) is 11.6 Å². The Morgan fingerprint density at radius 3 is 2.66 bits per heavy atom. The van der Waals surface area contributed by atoms with Crippen LogP contribution in [0.5, 0.6) is 0 Å². The van der Waals surface area contributed by atoms with Crippen molar-refractivity contribution in [3.05, 3.63) is 70.8 Å². The largest absolute Gasteiger partial charge is 0.352 e. The number of rotatable bonds is 5. The van der Waals surface area contributed by atoms with Gasteiger partial charge < -0.3 is 19.4 Å². The summed E-state index contributed by atoms with van der Waals surface area (Å²) in [6.07, 6.45) is 5.27. The van der Waals surface area contributed by atoms with E-state index in [-0.39, 0.29) is 29.8 Å². The van der Waals surface area contributed by atoms with Crippen LogP contribution >= 0.6 is 35.6 Å². The van der Waals surface area contributed by atoms with E-state index in [4.69, 9.17) is 11.6 Å². The number of halogens is 3. The average molecular weight is 531 g/mol. The lowest BCUT2D eigenvalue weighted by molar-refractivity contribution is 0.461. The molecule has 0 unspecified atom stereocenters. The van der Waals surface area contributed by atoms with Crippen LogP contribution in [0.2, 0.25) is 5.02 Å². The Hall–Kier alpha value is -2.07. The van der Waals surface area contributed by atoms with Crippen molar-refractivity contribution in [2.45, 2.75) is 20.0 Å². The molecule has 0 saturated carbocycles. The minimum Gasteiger partial charge on any atom is -0.352 e. The van der Waals surface area contributed by atoms with Gasteiger partial charge in [-0.3, -0.25) is 4.99 Å². The molecule has 0 aliphatic rings. The third-order valence-electron chi connectivity index (χ3n) is 4.60. The van der Waals surface area contributed by atoms with Crippen LogP contribution < -0.4 is 5.32 Å². The molecule has 0 aliphatic heterocycles. The molecule has 2 heterocycles. The Kier molecular flexibility index (Phi) is 8.09. The van der Waals surface area contributed by atoms with Crippen LogP contribution in [0.4, 0.5) is 4.39 Å². The molecule has 3 rings (SSSR count). The molecule has 9 heteroatoms. The van der Waals surface area contributed by atoms with Crippen molar-refractivity contribution in [3.8, 4) is 5.69 Å². The van der Waals surface area contributed by atoms with Gasteiger partial charge in [-0.25, -0.2) is 9.37 Å². The molecule has 29 heavy (non-hydrogen) atoms. The lowest BCUT2D eigenvalue weighted by atomic mass is 10.2. The number of aliphatic imine (C=N–C) groups is 1. The van der Waals surface area contributed by atoms with E-state index in [0.717, 1.165) is 17.1 Å². The molecule has 0 spiro atoms. The second-order valence-electron chi connectivity index (χ2n) is 6.65. The highest BCUT2D eigenvalue weighted by Crippen LogP contribution is 2.17. The van der Waals surface area contributed by atoms with Gasteiger partial charge in [0.25, 0.3) is 0 Å². The maximum Gasteiger partial charge on any atom is 0.194 e. The summed E-state index contributed by atoms with van der Waals surface area (Å²) >= 11 is 6.05. The molecule has 0 fully saturated rings. The monoisotopic (exact) mass is 530 g/mol. The van der Waals surface area contributed by atoms with E-state index in [1.54, 1.807) is 30.1 Å². The SMILES string of the molecule is CN=C(NCc1ccc(-n2ccnc2C)c(F)c1)N(C)Cc1cc(Cl)cn1C.I. The van der Waals surface area contributed by atoms with Gasteiger partial charge in [-0.15, -0.1) is 24.0 Å². The van der Waals surface area contributed by atoms with Gasteiger partial charge in [0, 0.05) is 52.0 Å². The van der Waals surface area contributed by atoms with Crippen molar-refractivity contribution in [1.82, 2.24) is 24.3 Å². The summed E-state index contributed by atoms with van der Waals surface area (Å²) in [5.74, 6) is 1.17. The Morgan fingerprint density at radius 1 is 1.34 bits per heavy atom. The second kappa shape index (κ2) is 10.1. The zero-order valence-electron chi connectivity index (χ0n) is 16.9. The van der Waals surface area contributed by atoms with E-state index >= 15 is 0 Å². The molecule has 3 aromatic rings. The zero-order chi connectivity index (χ0) is 20.3. The smallest absolute Gasteiger partial charge is 0.194 e. The molecule has 6 nitrogen and oxygen atoms in total. The first-order chi connectivity index (χ1) is 13.4. The highest BCUT2D eigenvalue weighted by molar-refractivity contribution is 14.0. The number of guanidine groups is 1. The number of nitrogens with one attached hydrogen (secondary N) is 1. The number of aromatic nitrogens is 3. The number of hydrogen-bond donors (Lipinski definition) is 1. The molecule has 1 N–H and O–H groups in total. The fraction of sp³-hybridized carbons (Fsp3) is 0.300. The summed E-state index contributed by atoms with van der Waals surface area (Å²) in [6, 6.07) is 7.12. The van der Waals surface area contributed by atoms with Gasteiger partial charge in [0.05, 0.1) is 17.3 Å². The van der Waals surface area contributed by atoms with Crippen molar-refractivity contribution >= 4 is 41.5 Å². The topological polar surface area (TPSA) is 50.4 Å². The van der Waals surface area contributed by atoms with Crippen LogP contribution in [0, 0.1) is 12.7 Å². The number of imidazole rings is 1. The molecule has 0 amide bonds. The summed E-state index contributed by atoms with van der Waals surface area (Å²) in [4.78, 5) is 10.4. The molecule has 0 saturated heterocycles. The van der Waals surface area contributed by atoms with Gasteiger partial charge in [-0.05, 0) is 30.7 Å². The molecule has 2 aromatic heterocycles. The van der Waals surface area contributed by atoms with Crippen LogP contribution in [-0.4, -0.2) is 39.1 Å². The average Bonchev–Trinajstić information content (AvgIpc) is 3.20. The summed E-state index contributed by atoms with van der Waals surface area (Å²) in [5, 5.41) is 3.98. The van der Waals surface area contributed by atoms with Gasteiger partial charge in [0.15, 0.2) is 5.96 Å². The Labute approximate surface area is 192 Å². The molecule has 0 bridgehead atoms. The molecule has 156 valence electrons. The van der Waals surface area contributed by atoms with Crippen LogP contribution in [0.1, 0.15) is 17.1 Å². The molecular formula is C20H25ClFIN6.